The number of rotatable bonds is 4. The molecule has 8 heteroatoms. The summed E-state index contributed by atoms with van der Waals surface area (Å²) >= 11 is 0. The maximum absolute atomic E-state index is 12.7. The molecule has 3 aliphatic heterocycles. The first-order valence-electron chi connectivity index (χ1n) is 7.57. The average molecular weight is 366 g/mol. The van der Waals surface area contributed by atoms with Gasteiger partial charge in [0.1, 0.15) is 0 Å². The fourth-order valence-electron chi connectivity index (χ4n) is 3.52. The quantitative estimate of drug-likeness (QED) is 0.891. The highest BCUT2D eigenvalue weighted by Gasteiger charge is 2.45. The Bertz CT molecular complexity index is 596. The van der Waals surface area contributed by atoms with E-state index in [4.69, 9.17) is 4.74 Å². The molecule has 0 amide bonds. The largest absolute Gasteiger partial charge is 0.481 e. The number of halogens is 4. The number of ether oxygens (including phenoxy) is 1. The van der Waals surface area contributed by atoms with Crippen molar-refractivity contribution in [2.75, 3.05) is 19.6 Å². The Labute approximate surface area is 144 Å². The molecular formula is C16H19ClF3NO3. The van der Waals surface area contributed by atoms with Crippen molar-refractivity contribution in [3.8, 4) is 0 Å². The Morgan fingerprint density at radius 2 is 2.08 bits per heavy atom. The van der Waals surface area contributed by atoms with Crippen LogP contribution < -0.4 is 0 Å². The van der Waals surface area contributed by atoms with Crippen LogP contribution in [0, 0.1) is 11.8 Å². The summed E-state index contributed by atoms with van der Waals surface area (Å²) in [6.07, 6.45) is -3.86. The molecule has 1 aromatic rings. The van der Waals surface area contributed by atoms with Gasteiger partial charge in [-0.15, -0.1) is 12.4 Å². The Hall–Kier alpha value is -1.31. The van der Waals surface area contributed by atoms with Gasteiger partial charge in [0.05, 0.1) is 24.2 Å². The van der Waals surface area contributed by atoms with E-state index in [1.54, 1.807) is 6.07 Å². The smallest absolute Gasteiger partial charge is 0.416 e. The van der Waals surface area contributed by atoms with Crippen LogP contribution >= 0.6 is 12.4 Å². The van der Waals surface area contributed by atoms with Crippen LogP contribution in [-0.2, 0) is 22.3 Å². The molecule has 24 heavy (non-hydrogen) atoms. The summed E-state index contributed by atoms with van der Waals surface area (Å²) in [5.41, 5.74) is -0.251. The van der Waals surface area contributed by atoms with Gasteiger partial charge in [-0.3, -0.25) is 9.69 Å². The first-order valence-corrected chi connectivity index (χ1v) is 7.57. The molecule has 0 radical (unpaired) electrons. The zero-order chi connectivity index (χ0) is 16.6. The molecule has 0 aromatic heterocycles. The van der Waals surface area contributed by atoms with Gasteiger partial charge in [0, 0.05) is 19.0 Å². The highest BCUT2D eigenvalue weighted by molar-refractivity contribution is 5.85. The van der Waals surface area contributed by atoms with Gasteiger partial charge in [-0.05, 0) is 30.7 Å². The third-order valence-corrected chi connectivity index (χ3v) is 4.70. The third-order valence-electron chi connectivity index (χ3n) is 4.70. The predicted octanol–water partition coefficient (Wildman–Crippen LogP) is 3.05. The van der Waals surface area contributed by atoms with Gasteiger partial charge in [-0.1, -0.05) is 12.1 Å². The van der Waals surface area contributed by atoms with Crippen LogP contribution in [0.15, 0.2) is 24.3 Å². The van der Waals surface area contributed by atoms with Gasteiger partial charge in [-0.2, -0.15) is 13.2 Å². The zero-order valence-corrected chi connectivity index (χ0v) is 13.6. The van der Waals surface area contributed by atoms with Crippen LogP contribution in [0.25, 0.3) is 0 Å². The van der Waals surface area contributed by atoms with E-state index in [2.05, 4.69) is 4.90 Å². The second-order valence-corrected chi connectivity index (χ2v) is 6.20. The van der Waals surface area contributed by atoms with Crippen LogP contribution in [0.5, 0.6) is 0 Å². The number of carboxylic acids is 1. The van der Waals surface area contributed by atoms with Crippen molar-refractivity contribution >= 4 is 18.4 Å². The predicted molar refractivity (Wildman–Crippen MR) is 82.9 cm³/mol. The lowest BCUT2D eigenvalue weighted by atomic mass is 9.77. The maximum Gasteiger partial charge on any atom is 0.416 e. The van der Waals surface area contributed by atoms with Gasteiger partial charge in [0.2, 0.25) is 0 Å². The normalized spacial score (nSPS) is 29.1. The Morgan fingerprint density at radius 1 is 1.33 bits per heavy atom. The second kappa shape index (κ2) is 7.29. The van der Waals surface area contributed by atoms with Crippen LogP contribution in [0.1, 0.15) is 17.5 Å². The maximum atomic E-state index is 12.7. The number of aliphatic carboxylic acids is 1. The van der Waals surface area contributed by atoms with E-state index in [-0.39, 0.29) is 31.0 Å². The number of carboxylic acid groups (broad SMARTS) is 1. The van der Waals surface area contributed by atoms with E-state index in [0.29, 0.717) is 18.7 Å². The van der Waals surface area contributed by atoms with Gasteiger partial charge in [-0.25, -0.2) is 0 Å². The number of alkyl halides is 3. The van der Waals surface area contributed by atoms with E-state index in [9.17, 15) is 23.1 Å². The average Bonchev–Trinajstić information content (AvgIpc) is 2.53. The Balaban J connectivity index is 0.00000208. The molecule has 0 saturated carbocycles. The fourth-order valence-corrected chi connectivity index (χ4v) is 3.52. The first-order chi connectivity index (χ1) is 10.8. The Kier molecular flexibility index (Phi) is 5.78. The molecule has 3 fully saturated rings. The summed E-state index contributed by atoms with van der Waals surface area (Å²) in [4.78, 5) is 13.4. The lowest BCUT2D eigenvalue weighted by Gasteiger charge is -2.47. The molecule has 0 spiro atoms. The van der Waals surface area contributed by atoms with Crippen molar-refractivity contribution in [2.45, 2.75) is 25.3 Å². The van der Waals surface area contributed by atoms with Crippen molar-refractivity contribution in [1.82, 2.24) is 4.90 Å². The number of hydrogen-bond acceptors (Lipinski definition) is 3. The van der Waals surface area contributed by atoms with Gasteiger partial charge < -0.3 is 9.84 Å². The van der Waals surface area contributed by atoms with Crippen LogP contribution in [-0.4, -0.2) is 41.7 Å². The molecule has 4 atom stereocenters. The topological polar surface area (TPSA) is 49.8 Å². The summed E-state index contributed by atoms with van der Waals surface area (Å²) in [6.45, 7) is 2.10. The van der Waals surface area contributed by atoms with Crippen LogP contribution in [0.4, 0.5) is 13.2 Å². The van der Waals surface area contributed by atoms with Crippen LogP contribution in [0.2, 0.25) is 0 Å². The lowest BCUT2D eigenvalue weighted by Crippen LogP contribution is -2.58. The molecule has 3 aliphatic rings. The van der Waals surface area contributed by atoms with Gasteiger partial charge >= 0.3 is 12.1 Å². The van der Waals surface area contributed by atoms with Crippen LogP contribution in [0.3, 0.4) is 0 Å². The van der Waals surface area contributed by atoms with Crippen molar-refractivity contribution in [3.63, 3.8) is 0 Å². The monoisotopic (exact) mass is 365 g/mol. The molecule has 4 unspecified atom stereocenters. The zero-order valence-electron chi connectivity index (χ0n) is 12.8. The summed E-state index contributed by atoms with van der Waals surface area (Å²) < 4.78 is 43.9. The molecule has 3 saturated heterocycles. The third kappa shape index (κ3) is 4.02. The highest BCUT2D eigenvalue weighted by Crippen LogP contribution is 2.35. The minimum Gasteiger partial charge on any atom is -0.481 e. The molecule has 1 N–H and O–H groups in total. The Morgan fingerprint density at radius 3 is 2.71 bits per heavy atom. The minimum atomic E-state index is -4.37. The summed E-state index contributed by atoms with van der Waals surface area (Å²) in [7, 11) is 0. The lowest BCUT2D eigenvalue weighted by molar-refractivity contribution is -0.159. The van der Waals surface area contributed by atoms with Crippen molar-refractivity contribution < 1.29 is 27.8 Å². The number of piperidine rings is 3. The standard InChI is InChI=1S/C16H18F3NO3.ClH/c17-16(18,19)11-3-1-2-10(6-11)9-23-14-8-20-5-4-12(14)13(7-20)15(21)22;/h1-3,6,12-14H,4-5,7-9H2,(H,21,22);1H. The number of nitrogens with zero attached hydrogens (tertiary/aromatic N) is 1. The summed E-state index contributed by atoms with van der Waals surface area (Å²) in [5.74, 6) is -1.35. The van der Waals surface area contributed by atoms with Gasteiger partial charge in [0.25, 0.3) is 0 Å². The van der Waals surface area contributed by atoms with E-state index in [1.807, 2.05) is 0 Å². The molecule has 3 heterocycles. The minimum absolute atomic E-state index is 0. The molecule has 0 aliphatic carbocycles. The molecule has 4 rings (SSSR count). The van der Waals surface area contributed by atoms with Crippen molar-refractivity contribution in [3.05, 3.63) is 35.4 Å². The summed E-state index contributed by atoms with van der Waals surface area (Å²) in [5, 5.41) is 9.28. The number of fused-ring (bicyclic) bond motifs is 3. The van der Waals surface area contributed by atoms with E-state index < -0.39 is 23.6 Å². The second-order valence-electron chi connectivity index (χ2n) is 6.20. The first kappa shape index (κ1) is 19.0. The molecule has 2 bridgehead atoms. The molecule has 1 aromatic carbocycles. The van der Waals surface area contributed by atoms with E-state index in [1.165, 1.54) is 6.07 Å². The number of carbonyl (C=O) groups is 1. The van der Waals surface area contributed by atoms with Crippen molar-refractivity contribution in [1.29, 1.82) is 0 Å². The van der Waals surface area contributed by atoms with E-state index >= 15 is 0 Å². The van der Waals surface area contributed by atoms with E-state index in [0.717, 1.165) is 25.1 Å². The molecule has 134 valence electrons. The number of benzene rings is 1. The van der Waals surface area contributed by atoms with Gasteiger partial charge in [0.15, 0.2) is 0 Å². The number of hydrogen-bond donors (Lipinski definition) is 1. The SMILES string of the molecule is Cl.O=C(O)C1CN2CCC1C(OCc1cccc(C(F)(F)F)c1)C2. The fraction of sp³-hybridized carbons (Fsp3) is 0.562. The molecular weight excluding hydrogens is 347 g/mol. The molecule has 4 nitrogen and oxygen atoms in total. The highest BCUT2D eigenvalue weighted by atomic mass is 35.5. The summed E-state index contributed by atoms with van der Waals surface area (Å²) in [6, 6.07) is 5.05. The van der Waals surface area contributed by atoms with Crippen molar-refractivity contribution in [2.24, 2.45) is 11.8 Å².